The van der Waals surface area contributed by atoms with E-state index in [-0.39, 0.29) is 17.8 Å². The van der Waals surface area contributed by atoms with Gasteiger partial charge in [-0.1, -0.05) is 18.2 Å². The highest BCUT2D eigenvalue weighted by Gasteiger charge is 2.31. The lowest BCUT2D eigenvalue weighted by atomic mass is 10.1. The van der Waals surface area contributed by atoms with E-state index >= 15 is 0 Å². The molecule has 0 saturated carbocycles. The number of nitrogens with zero attached hydrogens (tertiary/aromatic N) is 3. The molecule has 1 aromatic carbocycles. The van der Waals surface area contributed by atoms with E-state index in [2.05, 4.69) is 4.90 Å². The van der Waals surface area contributed by atoms with Crippen molar-refractivity contribution in [2.24, 2.45) is 0 Å². The molecule has 0 spiro atoms. The molecule has 2 aliphatic rings. The summed E-state index contributed by atoms with van der Waals surface area (Å²) >= 11 is 0. The van der Waals surface area contributed by atoms with Crippen molar-refractivity contribution >= 4 is 5.91 Å². The molecule has 2 saturated heterocycles. The van der Waals surface area contributed by atoms with E-state index in [0.717, 1.165) is 49.4 Å². The van der Waals surface area contributed by atoms with Gasteiger partial charge in [-0.2, -0.15) is 0 Å². The van der Waals surface area contributed by atoms with E-state index in [4.69, 9.17) is 9.72 Å². The molecule has 0 bridgehead atoms. The number of rotatable bonds is 5. The predicted octanol–water partition coefficient (Wildman–Crippen LogP) is 2.81. The second-order valence-electron chi connectivity index (χ2n) is 7.49. The van der Waals surface area contributed by atoms with Crippen LogP contribution in [0.5, 0.6) is 0 Å². The van der Waals surface area contributed by atoms with Gasteiger partial charge in [-0.15, -0.1) is 0 Å². The monoisotopic (exact) mass is 383 g/mol. The van der Waals surface area contributed by atoms with Crippen molar-refractivity contribution in [3.05, 3.63) is 65.2 Å². The van der Waals surface area contributed by atoms with Crippen LogP contribution in [-0.2, 0) is 16.0 Å². The van der Waals surface area contributed by atoms with Gasteiger partial charge in [-0.05, 0) is 42.7 Å². The van der Waals surface area contributed by atoms with Crippen LogP contribution < -0.4 is 0 Å². The molecule has 1 atom stereocenters. The molecule has 2 fully saturated rings. The Balaban J connectivity index is 1.45. The molecular weight excluding hydrogens is 357 g/mol. The summed E-state index contributed by atoms with van der Waals surface area (Å²) in [4.78, 5) is 21.8. The summed E-state index contributed by atoms with van der Waals surface area (Å²) < 4.78 is 18.8. The van der Waals surface area contributed by atoms with Crippen molar-refractivity contribution in [3.63, 3.8) is 0 Å². The molecule has 1 aromatic heterocycles. The first-order valence-corrected chi connectivity index (χ1v) is 9.99. The molecule has 6 heteroatoms. The number of benzene rings is 1. The summed E-state index contributed by atoms with van der Waals surface area (Å²) in [7, 11) is 0. The second kappa shape index (κ2) is 8.80. The van der Waals surface area contributed by atoms with Gasteiger partial charge in [0.05, 0.1) is 31.5 Å². The highest BCUT2D eigenvalue weighted by atomic mass is 19.1. The Morgan fingerprint density at radius 2 is 1.96 bits per heavy atom. The van der Waals surface area contributed by atoms with Crippen LogP contribution in [0.15, 0.2) is 42.5 Å². The first-order valence-electron chi connectivity index (χ1n) is 9.99. The van der Waals surface area contributed by atoms with Crippen molar-refractivity contribution < 1.29 is 13.9 Å². The molecule has 0 N–H and O–H groups in total. The van der Waals surface area contributed by atoms with Gasteiger partial charge in [0, 0.05) is 31.7 Å². The van der Waals surface area contributed by atoms with Crippen molar-refractivity contribution in [2.45, 2.75) is 25.3 Å². The van der Waals surface area contributed by atoms with Gasteiger partial charge in [0.1, 0.15) is 5.82 Å². The number of morpholine rings is 1. The number of hydrogen-bond donors (Lipinski definition) is 0. The number of ether oxygens (including phenoxy) is 1. The van der Waals surface area contributed by atoms with Crippen LogP contribution in [0.25, 0.3) is 0 Å². The molecule has 0 radical (unpaired) electrons. The Hall–Kier alpha value is -2.31. The topological polar surface area (TPSA) is 45.7 Å². The van der Waals surface area contributed by atoms with Crippen LogP contribution in [0.1, 0.15) is 35.8 Å². The highest BCUT2D eigenvalue weighted by molar-refractivity contribution is 5.79. The van der Waals surface area contributed by atoms with E-state index in [1.165, 1.54) is 6.07 Å². The van der Waals surface area contributed by atoms with Gasteiger partial charge in [-0.25, -0.2) is 4.39 Å². The van der Waals surface area contributed by atoms with Crippen LogP contribution in [0.2, 0.25) is 0 Å². The number of carbonyl (C=O) groups excluding carboxylic acids is 1. The molecule has 148 valence electrons. The fourth-order valence-corrected chi connectivity index (χ4v) is 4.05. The minimum atomic E-state index is -0.232. The Kier molecular flexibility index (Phi) is 5.98. The maximum atomic E-state index is 13.5. The van der Waals surface area contributed by atoms with Crippen molar-refractivity contribution in [1.29, 1.82) is 0 Å². The van der Waals surface area contributed by atoms with Crippen molar-refractivity contribution in [1.82, 2.24) is 14.8 Å². The Labute approximate surface area is 165 Å². The SMILES string of the molecule is O=C(CN1CCOCC1)N1CCCC1c1cccc(Cc2cccc(F)c2)n1. The van der Waals surface area contributed by atoms with E-state index in [9.17, 15) is 9.18 Å². The minimum Gasteiger partial charge on any atom is -0.379 e. The molecule has 3 heterocycles. The van der Waals surface area contributed by atoms with Crippen LogP contribution in [0, 0.1) is 5.82 Å². The maximum absolute atomic E-state index is 13.5. The first-order chi connectivity index (χ1) is 13.7. The number of amides is 1. The summed E-state index contributed by atoms with van der Waals surface area (Å²) in [5.41, 5.74) is 2.73. The summed E-state index contributed by atoms with van der Waals surface area (Å²) in [6.45, 7) is 4.24. The second-order valence-corrected chi connectivity index (χ2v) is 7.49. The summed E-state index contributed by atoms with van der Waals surface area (Å²) in [5.74, 6) is -0.0638. The third-order valence-corrected chi connectivity index (χ3v) is 5.48. The van der Waals surface area contributed by atoms with Crippen LogP contribution in [-0.4, -0.2) is 60.1 Å². The van der Waals surface area contributed by atoms with Crippen LogP contribution >= 0.6 is 0 Å². The van der Waals surface area contributed by atoms with Gasteiger partial charge in [0.25, 0.3) is 0 Å². The third-order valence-electron chi connectivity index (χ3n) is 5.48. The highest BCUT2D eigenvalue weighted by Crippen LogP contribution is 2.31. The van der Waals surface area contributed by atoms with E-state index in [0.29, 0.717) is 26.2 Å². The van der Waals surface area contributed by atoms with Crippen molar-refractivity contribution in [3.8, 4) is 0 Å². The van der Waals surface area contributed by atoms with Gasteiger partial charge in [0.2, 0.25) is 5.91 Å². The summed E-state index contributed by atoms with van der Waals surface area (Å²) in [6.07, 6.45) is 2.51. The Morgan fingerprint density at radius 1 is 1.14 bits per heavy atom. The molecular formula is C22H26FN3O2. The number of aromatic nitrogens is 1. The van der Waals surface area contributed by atoms with E-state index in [1.54, 1.807) is 12.1 Å². The van der Waals surface area contributed by atoms with Gasteiger partial charge < -0.3 is 9.64 Å². The average Bonchev–Trinajstić information content (AvgIpc) is 3.19. The maximum Gasteiger partial charge on any atom is 0.237 e. The zero-order valence-corrected chi connectivity index (χ0v) is 16.0. The van der Waals surface area contributed by atoms with E-state index in [1.807, 2.05) is 29.2 Å². The molecule has 2 aliphatic heterocycles. The standard InChI is InChI=1S/C22H26FN3O2/c23-18-5-1-4-17(14-18)15-19-6-2-7-20(24-19)21-8-3-9-26(21)22(27)16-25-10-12-28-13-11-25/h1-2,4-7,14,21H,3,8-13,15-16H2. The van der Waals surface area contributed by atoms with Crippen LogP contribution in [0.3, 0.4) is 0 Å². The average molecular weight is 383 g/mol. The predicted molar refractivity (Wildman–Crippen MR) is 104 cm³/mol. The number of pyridine rings is 1. The lowest BCUT2D eigenvalue weighted by Crippen LogP contribution is -2.44. The molecule has 2 aromatic rings. The Morgan fingerprint density at radius 3 is 2.79 bits per heavy atom. The number of halogens is 1. The molecule has 1 amide bonds. The zero-order chi connectivity index (χ0) is 19.3. The smallest absolute Gasteiger partial charge is 0.237 e. The molecule has 5 nitrogen and oxygen atoms in total. The first kappa shape index (κ1) is 19.0. The lowest BCUT2D eigenvalue weighted by molar-refractivity contribution is -0.134. The fraction of sp³-hybridized carbons (Fsp3) is 0.455. The minimum absolute atomic E-state index is 0.0287. The molecule has 28 heavy (non-hydrogen) atoms. The number of likely N-dealkylation sites (tertiary alicyclic amines) is 1. The van der Waals surface area contributed by atoms with Crippen LogP contribution in [0.4, 0.5) is 4.39 Å². The summed E-state index contributed by atoms with van der Waals surface area (Å²) in [5, 5.41) is 0. The molecule has 4 rings (SSSR count). The fourth-order valence-electron chi connectivity index (χ4n) is 4.05. The van der Waals surface area contributed by atoms with Gasteiger partial charge in [0.15, 0.2) is 0 Å². The quantitative estimate of drug-likeness (QED) is 0.797. The zero-order valence-electron chi connectivity index (χ0n) is 16.0. The molecule has 1 unspecified atom stereocenters. The van der Waals surface area contributed by atoms with Gasteiger partial charge >= 0.3 is 0 Å². The third kappa shape index (κ3) is 4.56. The molecule has 0 aliphatic carbocycles. The lowest BCUT2D eigenvalue weighted by Gasteiger charge is -2.30. The Bertz CT molecular complexity index is 823. The normalized spacial score (nSPS) is 20.5. The largest absolute Gasteiger partial charge is 0.379 e. The number of carbonyl (C=O) groups is 1. The van der Waals surface area contributed by atoms with E-state index < -0.39 is 0 Å². The summed E-state index contributed by atoms with van der Waals surface area (Å²) in [6, 6.07) is 12.6. The van der Waals surface area contributed by atoms with Gasteiger partial charge in [-0.3, -0.25) is 14.7 Å². The number of hydrogen-bond acceptors (Lipinski definition) is 4. The van der Waals surface area contributed by atoms with Crippen molar-refractivity contribution in [2.75, 3.05) is 39.4 Å².